The van der Waals surface area contributed by atoms with Gasteiger partial charge in [-0.15, -0.1) is 0 Å². The minimum atomic E-state index is -1.55. The zero-order valence-corrected chi connectivity index (χ0v) is 27.5. The third-order valence-corrected chi connectivity index (χ3v) is 5.53. The SMILES string of the molecule is CC(C)(C)OC(=O)NCc1ccccc1-c1ncccn1.CC(C)(C)OC(=O)NCc1ccccc1B(O)O.Clc1ncccn1. The molecule has 12 nitrogen and oxygen atoms in total. The average molecular weight is 651 g/mol. The van der Waals surface area contributed by atoms with E-state index in [9.17, 15) is 9.59 Å². The van der Waals surface area contributed by atoms with E-state index in [4.69, 9.17) is 31.1 Å². The van der Waals surface area contributed by atoms with Gasteiger partial charge in [-0.2, -0.15) is 0 Å². The van der Waals surface area contributed by atoms with Gasteiger partial charge in [0.2, 0.25) is 5.28 Å². The summed E-state index contributed by atoms with van der Waals surface area (Å²) in [7, 11) is -1.55. The summed E-state index contributed by atoms with van der Waals surface area (Å²) in [5, 5.41) is 23.9. The number of nitrogens with zero attached hydrogens (tertiary/aromatic N) is 4. The molecule has 2 aromatic carbocycles. The van der Waals surface area contributed by atoms with Crippen LogP contribution in [0.2, 0.25) is 5.28 Å². The summed E-state index contributed by atoms with van der Waals surface area (Å²) in [6, 6.07) is 18.0. The van der Waals surface area contributed by atoms with Crippen LogP contribution in [-0.2, 0) is 22.6 Å². The summed E-state index contributed by atoms with van der Waals surface area (Å²) in [4.78, 5) is 38.9. The Morgan fingerprint density at radius 3 is 1.59 bits per heavy atom. The first-order valence-electron chi connectivity index (χ1n) is 14.3. The first-order valence-corrected chi connectivity index (χ1v) is 14.7. The predicted molar refractivity (Wildman–Crippen MR) is 177 cm³/mol. The number of amides is 2. The molecule has 0 bridgehead atoms. The lowest BCUT2D eigenvalue weighted by molar-refractivity contribution is 0.0512. The molecule has 0 atom stereocenters. The number of hydrogen-bond donors (Lipinski definition) is 4. The highest BCUT2D eigenvalue weighted by Crippen LogP contribution is 2.19. The number of halogens is 1. The zero-order valence-electron chi connectivity index (χ0n) is 26.8. The highest BCUT2D eigenvalue weighted by atomic mass is 35.5. The normalized spacial score (nSPS) is 10.6. The van der Waals surface area contributed by atoms with E-state index in [0.29, 0.717) is 28.7 Å². The minimum Gasteiger partial charge on any atom is -0.444 e. The Morgan fingerprint density at radius 2 is 1.13 bits per heavy atom. The number of benzene rings is 2. The molecular formula is C32H40BClN6O6. The Kier molecular flexibility index (Phi) is 15.0. The van der Waals surface area contributed by atoms with Crippen LogP contribution in [0, 0.1) is 0 Å². The maximum absolute atomic E-state index is 11.7. The van der Waals surface area contributed by atoms with Crippen LogP contribution in [-0.4, -0.2) is 60.5 Å². The van der Waals surface area contributed by atoms with Gasteiger partial charge in [-0.3, -0.25) is 0 Å². The second-order valence-electron chi connectivity index (χ2n) is 11.5. The predicted octanol–water partition coefficient (Wildman–Crippen LogP) is 4.69. The molecule has 244 valence electrons. The molecule has 14 heteroatoms. The van der Waals surface area contributed by atoms with E-state index < -0.39 is 30.5 Å². The summed E-state index contributed by atoms with van der Waals surface area (Å²) in [6.07, 6.45) is 5.60. The van der Waals surface area contributed by atoms with Gasteiger partial charge < -0.3 is 30.2 Å². The number of ether oxygens (including phenoxy) is 2. The fourth-order valence-corrected chi connectivity index (χ4v) is 3.63. The molecule has 4 N–H and O–H groups in total. The topological polar surface area (TPSA) is 169 Å². The summed E-state index contributed by atoms with van der Waals surface area (Å²) in [6.45, 7) is 11.4. The third kappa shape index (κ3) is 15.4. The van der Waals surface area contributed by atoms with Gasteiger partial charge in [0, 0.05) is 43.4 Å². The van der Waals surface area contributed by atoms with Crippen molar-refractivity contribution in [2.45, 2.75) is 65.8 Å². The van der Waals surface area contributed by atoms with Crippen molar-refractivity contribution in [3.8, 4) is 11.4 Å². The molecule has 2 amide bonds. The van der Waals surface area contributed by atoms with Crippen molar-refractivity contribution in [1.82, 2.24) is 30.6 Å². The fourth-order valence-electron chi connectivity index (χ4n) is 3.52. The van der Waals surface area contributed by atoms with Crippen LogP contribution in [0.4, 0.5) is 9.59 Å². The highest BCUT2D eigenvalue weighted by Gasteiger charge is 2.19. The van der Waals surface area contributed by atoms with Crippen LogP contribution in [0.5, 0.6) is 0 Å². The monoisotopic (exact) mass is 650 g/mol. The van der Waals surface area contributed by atoms with Gasteiger partial charge >= 0.3 is 19.3 Å². The molecule has 4 aromatic rings. The maximum atomic E-state index is 11.7. The molecule has 0 aliphatic heterocycles. The number of aromatic nitrogens is 4. The van der Waals surface area contributed by atoms with Gasteiger partial charge in [-0.25, -0.2) is 29.5 Å². The number of hydrogen-bond acceptors (Lipinski definition) is 10. The van der Waals surface area contributed by atoms with E-state index in [-0.39, 0.29) is 6.54 Å². The van der Waals surface area contributed by atoms with Crippen LogP contribution in [0.15, 0.2) is 85.5 Å². The quantitative estimate of drug-likeness (QED) is 0.170. The first-order chi connectivity index (χ1) is 21.6. The fraction of sp³-hybridized carbons (Fsp3) is 0.312. The Balaban J connectivity index is 0.000000267. The van der Waals surface area contributed by atoms with Crippen molar-refractivity contribution in [2.24, 2.45) is 0 Å². The Hall–Kier alpha value is -4.59. The minimum absolute atomic E-state index is 0.183. The lowest BCUT2D eigenvalue weighted by atomic mass is 9.77. The molecule has 0 radical (unpaired) electrons. The van der Waals surface area contributed by atoms with Gasteiger partial charge in [0.05, 0.1) is 0 Å². The molecule has 0 fully saturated rings. The summed E-state index contributed by atoms with van der Waals surface area (Å²) < 4.78 is 10.3. The van der Waals surface area contributed by atoms with Gasteiger partial charge in [-0.1, -0.05) is 48.5 Å². The van der Waals surface area contributed by atoms with Crippen LogP contribution in [0.25, 0.3) is 11.4 Å². The number of alkyl carbamates (subject to hydrolysis) is 2. The molecule has 46 heavy (non-hydrogen) atoms. The van der Waals surface area contributed by atoms with Crippen molar-refractivity contribution in [1.29, 1.82) is 0 Å². The van der Waals surface area contributed by atoms with Gasteiger partial charge in [0.25, 0.3) is 0 Å². The average Bonchev–Trinajstić information content (AvgIpc) is 2.99. The summed E-state index contributed by atoms with van der Waals surface area (Å²) in [5.41, 5.74) is 1.78. The van der Waals surface area contributed by atoms with E-state index >= 15 is 0 Å². The largest absolute Gasteiger partial charge is 0.488 e. The second-order valence-corrected chi connectivity index (χ2v) is 11.9. The van der Waals surface area contributed by atoms with Crippen LogP contribution >= 0.6 is 11.6 Å². The highest BCUT2D eigenvalue weighted by molar-refractivity contribution is 6.59. The van der Waals surface area contributed by atoms with Crippen LogP contribution in [0.1, 0.15) is 52.7 Å². The molecule has 4 rings (SSSR count). The lowest BCUT2D eigenvalue weighted by Crippen LogP contribution is -2.37. The van der Waals surface area contributed by atoms with Crippen molar-refractivity contribution in [3.63, 3.8) is 0 Å². The Bertz CT molecular complexity index is 1500. The van der Waals surface area contributed by atoms with E-state index in [0.717, 1.165) is 11.1 Å². The zero-order chi connectivity index (χ0) is 34.2. The number of rotatable bonds is 6. The first kappa shape index (κ1) is 37.6. The Labute approximate surface area is 274 Å². The van der Waals surface area contributed by atoms with Gasteiger partial charge in [0.1, 0.15) is 11.2 Å². The molecular weight excluding hydrogens is 611 g/mol. The molecule has 0 saturated carbocycles. The van der Waals surface area contributed by atoms with Crippen LogP contribution in [0.3, 0.4) is 0 Å². The standard InChI is InChI=1S/C16H19N3O2.C12H18BNO4.C4H3ClN2/c1-16(2,3)21-15(20)19-11-12-7-4-5-8-13(12)14-17-9-6-10-18-14;1-12(2,3)18-11(15)14-8-9-6-4-5-7-10(9)13(16)17;5-4-6-2-1-3-7-4/h4-10H,11H2,1-3H3,(H,19,20);4-7,16-17H,8H2,1-3H3,(H,14,15);1-3H. The molecule has 0 unspecified atom stereocenters. The number of carbonyl (C=O) groups excluding carboxylic acids is 2. The third-order valence-electron chi connectivity index (χ3n) is 5.34. The van der Waals surface area contributed by atoms with Crippen molar-refractivity contribution >= 4 is 36.4 Å². The van der Waals surface area contributed by atoms with Crippen molar-refractivity contribution in [2.75, 3.05) is 0 Å². The summed E-state index contributed by atoms with van der Waals surface area (Å²) >= 11 is 5.32. The molecule has 2 aromatic heterocycles. The van der Waals surface area contributed by atoms with E-state index in [1.54, 1.807) is 82.0 Å². The lowest BCUT2D eigenvalue weighted by Gasteiger charge is -2.20. The van der Waals surface area contributed by atoms with E-state index in [1.807, 2.05) is 45.0 Å². The molecule has 0 saturated heterocycles. The molecule has 0 spiro atoms. The summed E-state index contributed by atoms with van der Waals surface area (Å²) in [5.74, 6) is 0.638. The van der Waals surface area contributed by atoms with E-state index in [1.165, 1.54) is 0 Å². The van der Waals surface area contributed by atoms with Crippen LogP contribution < -0.4 is 16.1 Å². The molecule has 0 aliphatic rings. The second kappa shape index (κ2) is 18.4. The van der Waals surface area contributed by atoms with E-state index in [2.05, 4.69) is 30.6 Å². The van der Waals surface area contributed by atoms with Gasteiger partial charge in [-0.05, 0) is 81.9 Å². The number of nitrogens with one attached hydrogen (secondary N) is 2. The smallest absolute Gasteiger partial charge is 0.444 e. The maximum Gasteiger partial charge on any atom is 0.488 e. The Morgan fingerprint density at radius 1 is 0.696 bits per heavy atom. The number of carbonyl (C=O) groups is 2. The van der Waals surface area contributed by atoms with Crippen molar-refractivity contribution < 1.29 is 29.1 Å². The molecule has 2 heterocycles. The van der Waals surface area contributed by atoms with Crippen molar-refractivity contribution in [3.05, 3.63) is 102 Å². The molecule has 0 aliphatic carbocycles. The van der Waals surface area contributed by atoms with Gasteiger partial charge in [0.15, 0.2) is 5.82 Å².